The van der Waals surface area contributed by atoms with Crippen molar-refractivity contribution in [3.8, 4) is 11.5 Å². The Morgan fingerprint density at radius 3 is 2.27 bits per heavy atom. The van der Waals surface area contributed by atoms with Crippen LogP contribution in [0.4, 0.5) is 0 Å². The maximum Gasteiger partial charge on any atom is 0.254 e. The van der Waals surface area contributed by atoms with Gasteiger partial charge in [0.15, 0.2) is 11.5 Å². The van der Waals surface area contributed by atoms with Crippen LogP contribution in [-0.2, 0) is 13.1 Å². The highest BCUT2D eigenvalue weighted by molar-refractivity contribution is 6.32. The quantitative estimate of drug-likeness (QED) is 0.672. The molecule has 1 amide bonds. The van der Waals surface area contributed by atoms with Crippen molar-refractivity contribution in [2.45, 2.75) is 13.1 Å². The van der Waals surface area contributed by atoms with E-state index in [0.717, 1.165) is 0 Å². The number of halogens is 1. The summed E-state index contributed by atoms with van der Waals surface area (Å²) >= 11 is 6.27. The molecule has 0 N–H and O–H groups in total. The van der Waals surface area contributed by atoms with Gasteiger partial charge in [-0.3, -0.25) is 4.79 Å². The highest BCUT2D eigenvalue weighted by Crippen LogP contribution is 2.38. The average molecular weight is 374 g/mol. The minimum atomic E-state index is -0.211. The minimum Gasteiger partial charge on any atom is -0.486 e. The van der Waals surface area contributed by atoms with E-state index >= 15 is 0 Å². The molecule has 7 heteroatoms. The lowest BCUT2D eigenvalue weighted by Crippen LogP contribution is -2.30. The second-order valence-corrected chi connectivity index (χ2v) is 6.21. The number of carbonyl (C=O) groups is 1. The Morgan fingerprint density at radius 1 is 1.00 bits per heavy atom. The lowest BCUT2D eigenvalue weighted by atomic mass is 10.1. The summed E-state index contributed by atoms with van der Waals surface area (Å²) in [6, 6.07) is 10.4. The molecule has 1 aliphatic rings. The number of hydrogen-bond acceptors (Lipinski definition) is 5. The summed E-state index contributed by atoms with van der Waals surface area (Å²) in [5, 5.41) is 0.349. The van der Waals surface area contributed by atoms with Gasteiger partial charge in [-0.15, -0.1) is 0 Å². The van der Waals surface area contributed by atoms with Crippen LogP contribution in [0.2, 0.25) is 5.02 Å². The molecule has 26 heavy (non-hydrogen) atoms. The Bertz CT molecular complexity index is 853. The van der Waals surface area contributed by atoms with Gasteiger partial charge in [0.1, 0.15) is 24.7 Å². The van der Waals surface area contributed by atoms with Crippen molar-refractivity contribution in [3.63, 3.8) is 0 Å². The van der Waals surface area contributed by atoms with E-state index < -0.39 is 0 Å². The van der Waals surface area contributed by atoms with Crippen LogP contribution in [0, 0.1) is 0 Å². The van der Waals surface area contributed by atoms with Crippen LogP contribution in [0.5, 0.6) is 11.5 Å². The smallest absolute Gasteiger partial charge is 0.254 e. The van der Waals surface area contributed by atoms with E-state index in [1.165, 1.54) is 0 Å². The standard InChI is InChI=1S/C19H16ClNO5/c20-16-9-13(10-17-18(16)26-8-7-25-17)19(22)21(11-14-3-1-5-23-14)12-15-4-2-6-24-15/h1-6,9-10H,7-8,11-12H2. The molecule has 2 aromatic heterocycles. The van der Waals surface area contributed by atoms with Gasteiger partial charge in [-0.25, -0.2) is 0 Å². The normalized spacial score (nSPS) is 12.8. The van der Waals surface area contributed by atoms with Crippen molar-refractivity contribution in [3.05, 3.63) is 71.0 Å². The number of fused-ring (bicyclic) bond motifs is 1. The zero-order valence-electron chi connectivity index (χ0n) is 13.8. The van der Waals surface area contributed by atoms with E-state index in [0.29, 0.717) is 59.9 Å². The summed E-state index contributed by atoms with van der Waals surface area (Å²) in [5.41, 5.74) is 0.414. The number of carbonyl (C=O) groups excluding carboxylic acids is 1. The molecule has 0 aliphatic carbocycles. The molecule has 134 valence electrons. The Balaban J connectivity index is 1.64. The van der Waals surface area contributed by atoms with E-state index in [-0.39, 0.29) is 5.91 Å². The lowest BCUT2D eigenvalue weighted by molar-refractivity contribution is 0.0703. The fraction of sp³-hybridized carbons (Fsp3) is 0.211. The maximum absolute atomic E-state index is 13.1. The number of furan rings is 2. The van der Waals surface area contributed by atoms with Crippen LogP contribution in [0.15, 0.2) is 57.8 Å². The van der Waals surface area contributed by atoms with Gasteiger partial charge in [0.05, 0.1) is 30.6 Å². The molecule has 0 spiro atoms. The van der Waals surface area contributed by atoms with E-state index in [1.54, 1.807) is 41.7 Å². The van der Waals surface area contributed by atoms with Crippen molar-refractivity contribution in [1.82, 2.24) is 4.90 Å². The van der Waals surface area contributed by atoms with E-state index in [9.17, 15) is 4.79 Å². The summed E-state index contributed by atoms with van der Waals surface area (Å²) < 4.78 is 21.9. The van der Waals surface area contributed by atoms with Gasteiger partial charge >= 0.3 is 0 Å². The van der Waals surface area contributed by atoms with E-state index in [1.807, 2.05) is 12.1 Å². The first-order chi connectivity index (χ1) is 12.7. The molecule has 0 radical (unpaired) electrons. The fourth-order valence-electron chi connectivity index (χ4n) is 2.80. The molecular weight excluding hydrogens is 358 g/mol. The first kappa shape index (κ1) is 16.6. The van der Waals surface area contributed by atoms with Gasteiger partial charge < -0.3 is 23.2 Å². The summed E-state index contributed by atoms with van der Waals surface area (Å²) in [4.78, 5) is 14.7. The fourth-order valence-corrected chi connectivity index (χ4v) is 3.06. The largest absolute Gasteiger partial charge is 0.486 e. The molecule has 0 atom stereocenters. The number of rotatable bonds is 5. The summed E-state index contributed by atoms with van der Waals surface area (Å²) in [5.74, 6) is 2.08. The van der Waals surface area contributed by atoms with Crippen molar-refractivity contribution in [2.75, 3.05) is 13.2 Å². The van der Waals surface area contributed by atoms with Gasteiger partial charge in [0.2, 0.25) is 0 Å². The predicted octanol–water partition coefficient (Wildman–Crippen LogP) is 4.14. The van der Waals surface area contributed by atoms with Crippen molar-refractivity contribution in [1.29, 1.82) is 0 Å². The Labute approximate surface area is 154 Å². The molecule has 0 fully saturated rings. The van der Waals surface area contributed by atoms with Crippen LogP contribution in [0.1, 0.15) is 21.9 Å². The molecule has 4 rings (SSSR count). The number of benzene rings is 1. The highest BCUT2D eigenvalue weighted by Gasteiger charge is 2.24. The molecule has 0 unspecified atom stereocenters. The summed E-state index contributed by atoms with van der Waals surface area (Å²) in [6.07, 6.45) is 3.15. The van der Waals surface area contributed by atoms with Crippen LogP contribution < -0.4 is 9.47 Å². The van der Waals surface area contributed by atoms with E-state index in [2.05, 4.69) is 0 Å². The molecule has 0 saturated heterocycles. The van der Waals surface area contributed by atoms with E-state index in [4.69, 9.17) is 29.9 Å². The molecule has 1 aliphatic heterocycles. The molecule has 0 saturated carbocycles. The zero-order valence-corrected chi connectivity index (χ0v) is 14.6. The Hall–Kier alpha value is -2.86. The summed E-state index contributed by atoms with van der Waals surface area (Å²) in [6.45, 7) is 1.46. The second kappa shape index (κ2) is 7.17. The predicted molar refractivity (Wildman–Crippen MR) is 93.4 cm³/mol. The van der Waals surface area contributed by atoms with Crippen molar-refractivity contribution >= 4 is 17.5 Å². The first-order valence-electron chi connectivity index (χ1n) is 8.14. The van der Waals surface area contributed by atoms with Crippen LogP contribution in [0.3, 0.4) is 0 Å². The molecular formula is C19H16ClNO5. The SMILES string of the molecule is O=C(c1cc(Cl)c2c(c1)OCCO2)N(Cc1ccco1)Cc1ccco1. The summed E-state index contributed by atoms with van der Waals surface area (Å²) in [7, 11) is 0. The minimum absolute atomic E-state index is 0.211. The Kier molecular flexibility index (Phi) is 4.58. The van der Waals surface area contributed by atoms with Gasteiger partial charge in [-0.05, 0) is 36.4 Å². The molecule has 3 aromatic rings. The maximum atomic E-state index is 13.1. The second-order valence-electron chi connectivity index (χ2n) is 5.80. The monoisotopic (exact) mass is 373 g/mol. The molecule has 6 nitrogen and oxygen atoms in total. The number of hydrogen-bond donors (Lipinski definition) is 0. The highest BCUT2D eigenvalue weighted by atomic mass is 35.5. The van der Waals surface area contributed by atoms with Gasteiger partial charge in [0, 0.05) is 5.56 Å². The number of ether oxygens (including phenoxy) is 2. The van der Waals surface area contributed by atoms with Crippen LogP contribution in [0.25, 0.3) is 0 Å². The first-order valence-corrected chi connectivity index (χ1v) is 8.51. The van der Waals surface area contributed by atoms with Gasteiger partial charge in [0.25, 0.3) is 5.91 Å². The zero-order chi connectivity index (χ0) is 17.9. The number of nitrogens with zero attached hydrogens (tertiary/aromatic N) is 1. The van der Waals surface area contributed by atoms with Crippen molar-refractivity contribution < 1.29 is 23.1 Å². The topological polar surface area (TPSA) is 65.1 Å². The lowest BCUT2D eigenvalue weighted by Gasteiger charge is -2.23. The molecule has 1 aromatic carbocycles. The number of amides is 1. The molecule has 3 heterocycles. The third-order valence-electron chi connectivity index (χ3n) is 3.98. The molecule has 0 bridgehead atoms. The van der Waals surface area contributed by atoms with Gasteiger partial charge in [-0.2, -0.15) is 0 Å². The third-order valence-corrected chi connectivity index (χ3v) is 4.27. The third kappa shape index (κ3) is 3.41. The Morgan fingerprint density at radius 2 is 1.65 bits per heavy atom. The van der Waals surface area contributed by atoms with Crippen LogP contribution in [-0.4, -0.2) is 24.0 Å². The van der Waals surface area contributed by atoms with Crippen LogP contribution >= 0.6 is 11.6 Å². The van der Waals surface area contributed by atoms with Crippen molar-refractivity contribution in [2.24, 2.45) is 0 Å². The van der Waals surface area contributed by atoms with Gasteiger partial charge in [-0.1, -0.05) is 11.6 Å². The average Bonchev–Trinajstić information content (AvgIpc) is 3.34.